The molecule has 0 atom stereocenters. The average molecular weight is 373 g/mol. The number of nitrogens with one attached hydrogen (secondary N) is 2. The van der Waals surface area contributed by atoms with Crippen molar-refractivity contribution in [1.82, 2.24) is 9.97 Å². The van der Waals surface area contributed by atoms with Gasteiger partial charge in [0.1, 0.15) is 11.3 Å². The van der Waals surface area contributed by atoms with Gasteiger partial charge in [0, 0.05) is 28.2 Å². The minimum absolute atomic E-state index is 0.0380. The molecule has 4 rings (SSSR count). The molecule has 0 unspecified atom stereocenters. The van der Waals surface area contributed by atoms with Crippen LogP contribution in [0.3, 0.4) is 0 Å². The predicted molar refractivity (Wildman–Crippen MR) is 110 cm³/mol. The van der Waals surface area contributed by atoms with Gasteiger partial charge in [-0.1, -0.05) is 11.6 Å². The summed E-state index contributed by atoms with van der Waals surface area (Å²) < 4.78 is 5.19. The molecule has 0 saturated heterocycles. The summed E-state index contributed by atoms with van der Waals surface area (Å²) in [6.07, 6.45) is 1.44. The maximum Gasteiger partial charge on any atom is 0.261 e. The topological polar surface area (TPSA) is 84.1 Å². The average Bonchev–Trinajstić information content (AvgIpc) is 2.68. The fourth-order valence-corrected chi connectivity index (χ4v) is 3.26. The van der Waals surface area contributed by atoms with Gasteiger partial charge in [-0.15, -0.1) is 0 Å². The summed E-state index contributed by atoms with van der Waals surface area (Å²) in [4.78, 5) is 33.3. The van der Waals surface area contributed by atoms with Crippen LogP contribution in [0.4, 0.5) is 5.69 Å². The smallest absolute Gasteiger partial charge is 0.261 e. The minimum atomic E-state index is -0.473. The van der Waals surface area contributed by atoms with Crippen molar-refractivity contribution >= 4 is 33.4 Å². The molecule has 0 spiro atoms. The van der Waals surface area contributed by atoms with E-state index >= 15 is 0 Å². The van der Waals surface area contributed by atoms with E-state index in [1.807, 2.05) is 32.0 Å². The lowest BCUT2D eigenvalue weighted by atomic mass is 10.1. The van der Waals surface area contributed by atoms with Crippen LogP contribution in [0, 0.1) is 13.8 Å². The number of carbonyl (C=O) groups excluding carboxylic acids is 1. The van der Waals surface area contributed by atoms with E-state index in [0.717, 1.165) is 22.2 Å². The highest BCUT2D eigenvalue weighted by Crippen LogP contribution is 2.25. The Kier molecular flexibility index (Phi) is 4.31. The van der Waals surface area contributed by atoms with Crippen molar-refractivity contribution in [3.8, 4) is 5.75 Å². The molecule has 0 aliphatic heterocycles. The molecule has 0 radical (unpaired) electrons. The summed E-state index contributed by atoms with van der Waals surface area (Å²) >= 11 is 0. The molecule has 0 saturated carbocycles. The standard InChI is InChI=1S/C22H19N3O3/c1-12-4-6-19-15(8-12)20(9-13(2)24-19)25-22(27)17-11-23-18-7-5-14(28-3)10-16(18)21(17)26/h4-11H,1-3H3,(H,23,26)(H,24,25,27). The molecule has 2 aromatic carbocycles. The van der Waals surface area contributed by atoms with Crippen molar-refractivity contribution in [2.45, 2.75) is 13.8 Å². The Morgan fingerprint density at radius 2 is 1.89 bits per heavy atom. The van der Waals surface area contributed by atoms with Gasteiger partial charge < -0.3 is 15.0 Å². The molecule has 2 aromatic heterocycles. The number of nitrogens with zero attached hydrogens (tertiary/aromatic N) is 1. The maximum absolute atomic E-state index is 12.9. The molecule has 2 heterocycles. The summed E-state index contributed by atoms with van der Waals surface area (Å²) in [7, 11) is 1.53. The Hall–Kier alpha value is -3.67. The van der Waals surface area contributed by atoms with Gasteiger partial charge in [-0.05, 0) is 50.2 Å². The number of carbonyl (C=O) groups is 1. The maximum atomic E-state index is 12.9. The Morgan fingerprint density at radius 1 is 1.07 bits per heavy atom. The largest absolute Gasteiger partial charge is 0.497 e. The van der Waals surface area contributed by atoms with Crippen LogP contribution in [0.1, 0.15) is 21.6 Å². The second kappa shape index (κ2) is 6.81. The molecule has 28 heavy (non-hydrogen) atoms. The van der Waals surface area contributed by atoms with E-state index in [0.29, 0.717) is 22.3 Å². The summed E-state index contributed by atoms with van der Waals surface area (Å²) in [5.41, 5.74) is 3.59. The molecule has 6 heteroatoms. The Bertz CT molecular complexity index is 1290. The number of ether oxygens (including phenoxy) is 1. The van der Waals surface area contributed by atoms with Gasteiger partial charge >= 0.3 is 0 Å². The number of pyridine rings is 2. The van der Waals surface area contributed by atoms with Gasteiger partial charge in [-0.25, -0.2) is 0 Å². The van der Waals surface area contributed by atoms with Crippen LogP contribution in [-0.4, -0.2) is 23.0 Å². The van der Waals surface area contributed by atoms with Gasteiger partial charge in [0.15, 0.2) is 0 Å². The number of fused-ring (bicyclic) bond motifs is 2. The zero-order chi connectivity index (χ0) is 19.8. The first-order valence-corrected chi connectivity index (χ1v) is 8.85. The van der Waals surface area contributed by atoms with E-state index in [1.54, 1.807) is 24.3 Å². The van der Waals surface area contributed by atoms with Crippen molar-refractivity contribution in [3.63, 3.8) is 0 Å². The van der Waals surface area contributed by atoms with Crippen molar-refractivity contribution < 1.29 is 9.53 Å². The highest BCUT2D eigenvalue weighted by atomic mass is 16.5. The number of benzene rings is 2. The SMILES string of the molecule is COc1ccc2[nH]cc(C(=O)Nc3cc(C)nc4ccc(C)cc34)c(=O)c2c1. The summed E-state index contributed by atoms with van der Waals surface area (Å²) in [5, 5.41) is 4.11. The summed E-state index contributed by atoms with van der Waals surface area (Å²) in [6, 6.07) is 12.8. The molecular weight excluding hydrogens is 354 g/mol. The molecule has 0 bridgehead atoms. The zero-order valence-corrected chi connectivity index (χ0v) is 15.8. The van der Waals surface area contributed by atoms with Crippen LogP contribution in [0.5, 0.6) is 5.75 Å². The highest BCUT2D eigenvalue weighted by molar-refractivity contribution is 6.09. The highest BCUT2D eigenvalue weighted by Gasteiger charge is 2.15. The van der Waals surface area contributed by atoms with Crippen LogP contribution in [0.25, 0.3) is 21.8 Å². The number of aryl methyl sites for hydroxylation is 2. The monoisotopic (exact) mass is 373 g/mol. The second-order valence-electron chi connectivity index (χ2n) is 6.73. The molecule has 4 aromatic rings. The van der Waals surface area contributed by atoms with Gasteiger partial charge in [0.25, 0.3) is 5.91 Å². The third-order valence-electron chi connectivity index (χ3n) is 4.67. The number of amides is 1. The predicted octanol–water partition coefficient (Wildman–Crippen LogP) is 3.95. The number of rotatable bonds is 3. The molecule has 2 N–H and O–H groups in total. The Balaban J connectivity index is 1.79. The molecule has 1 amide bonds. The number of aromatic nitrogens is 2. The lowest BCUT2D eigenvalue weighted by Gasteiger charge is -2.11. The first kappa shape index (κ1) is 17.7. The van der Waals surface area contributed by atoms with Gasteiger partial charge in [-0.2, -0.15) is 0 Å². The third kappa shape index (κ3) is 3.09. The van der Waals surface area contributed by atoms with Crippen LogP contribution in [0.2, 0.25) is 0 Å². The van der Waals surface area contributed by atoms with Gasteiger partial charge in [-0.3, -0.25) is 14.6 Å². The number of H-pyrrole nitrogens is 1. The molecule has 0 fully saturated rings. The quantitative estimate of drug-likeness (QED) is 0.569. The van der Waals surface area contributed by atoms with Crippen molar-refractivity contribution in [3.05, 3.63) is 75.7 Å². The number of methoxy groups -OCH3 is 1. The molecule has 0 aliphatic rings. The van der Waals surface area contributed by atoms with Crippen LogP contribution in [0.15, 0.2) is 53.5 Å². The van der Waals surface area contributed by atoms with E-state index in [2.05, 4.69) is 15.3 Å². The third-order valence-corrected chi connectivity index (χ3v) is 4.67. The number of aromatic amines is 1. The lowest BCUT2D eigenvalue weighted by molar-refractivity contribution is 0.102. The Morgan fingerprint density at radius 3 is 2.68 bits per heavy atom. The number of anilines is 1. The minimum Gasteiger partial charge on any atom is -0.497 e. The van der Waals surface area contributed by atoms with E-state index in [9.17, 15) is 9.59 Å². The fourth-order valence-electron chi connectivity index (χ4n) is 3.26. The molecular formula is C22H19N3O3. The number of hydrogen-bond donors (Lipinski definition) is 2. The molecule has 6 nitrogen and oxygen atoms in total. The Labute approximate surface area is 161 Å². The zero-order valence-electron chi connectivity index (χ0n) is 15.8. The van der Waals surface area contributed by atoms with Crippen molar-refractivity contribution in [2.75, 3.05) is 12.4 Å². The first-order chi connectivity index (χ1) is 13.5. The van der Waals surface area contributed by atoms with Crippen LogP contribution in [-0.2, 0) is 0 Å². The van der Waals surface area contributed by atoms with Gasteiger partial charge in [0.05, 0.1) is 18.3 Å². The van der Waals surface area contributed by atoms with Crippen LogP contribution >= 0.6 is 0 Å². The van der Waals surface area contributed by atoms with E-state index in [1.165, 1.54) is 13.3 Å². The van der Waals surface area contributed by atoms with Crippen molar-refractivity contribution in [2.24, 2.45) is 0 Å². The summed E-state index contributed by atoms with van der Waals surface area (Å²) in [5.74, 6) is 0.0844. The lowest BCUT2D eigenvalue weighted by Crippen LogP contribution is -2.22. The van der Waals surface area contributed by atoms with E-state index in [-0.39, 0.29) is 11.0 Å². The van der Waals surface area contributed by atoms with Crippen molar-refractivity contribution in [1.29, 1.82) is 0 Å². The van der Waals surface area contributed by atoms with Gasteiger partial charge in [0.2, 0.25) is 5.43 Å². The molecule has 0 aliphatic carbocycles. The second-order valence-corrected chi connectivity index (χ2v) is 6.73. The fraction of sp³-hybridized carbons (Fsp3) is 0.136. The van der Waals surface area contributed by atoms with E-state index < -0.39 is 5.91 Å². The number of hydrogen-bond acceptors (Lipinski definition) is 4. The van der Waals surface area contributed by atoms with E-state index in [4.69, 9.17) is 4.74 Å². The molecule has 140 valence electrons. The first-order valence-electron chi connectivity index (χ1n) is 8.85. The summed E-state index contributed by atoms with van der Waals surface area (Å²) in [6.45, 7) is 3.84. The normalized spacial score (nSPS) is 11.0. The van der Waals surface area contributed by atoms with Crippen LogP contribution < -0.4 is 15.5 Å².